The van der Waals surface area contributed by atoms with Crippen molar-refractivity contribution in [1.29, 1.82) is 0 Å². The van der Waals surface area contributed by atoms with Gasteiger partial charge < -0.3 is 34.8 Å². The highest BCUT2D eigenvalue weighted by atomic mass is 79.9. The number of nitrogens with zero attached hydrogens (tertiary/aromatic N) is 3. The van der Waals surface area contributed by atoms with Crippen LogP contribution in [0.25, 0.3) is 0 Å². The summed E-state index contributed by atoms with van der Waals surface area (Å²) in [5.74, 6) is 0. The number of carbonyl (C=O) groups excluding carboxylic acids is 2. The Labute approximate surface area is 287 Å². The van der Waals surface area contributed by atoms with Gasteiger partial charge in [0.15, 0.2) is 0 Å². The van der Waals surface area contributed by atoms with E-state index in [2.05, 4.69) is 46.8 Å². The molecule has 0 aliphatic carbocycles. The van der Waals surface area contributed by atoms with Crippen molar-refractivity contribution < 1.29 is 19.1 Å². The zero-order chi connectivity index (χ0) is 32.3. The molecule has 9 nitrogen and oxygen atoms in total. The maximum Gasteiger partial charge on any atom is 0.407 e. The van der Waals surface area contributed by atoms with Crippen LogP contribution in [0.1, 0.15) is 136 Å². The van der Waals surface area contributed by atoms with E-state index in [1.165, 1.54) is 96.9 Å². The third-order valence-corrected chi connectivity index (χ3v) is 8.29. The molecule has 266 valence electrons. The zero-order valence-corrected chi connectivity index (χ0v) is 31.4. The highest BCUT2D eigenvalue weighted by Gasteiger charge is 2.24. The van der Waals surface area contributed by atoms with E-state index in [0.717, 1.165) is 38.9 Å². The van der Waals surface area contributed by atoms with Crippen LogP contribution in [0, 0.1) is 0 Å². The Bertz CT molecular complexity index is 743. The van der Waals surface area contributed by atoms with E-state index in [1.54, 1.807) is 4.90 Å². The molecular weight excluding hydrogens is 634 g/mol. The van der Waals surface area contributed by atoms with Gasteiger partial charge in [-0.15, -0.1) is 17.0 Å². The van der Waals surface area contributed by atoms with Crippen molar-refractivity contribution in [2.24, 2.45) is 0 Å². The van der Waals surface area contributed by atoms with Gasteiger partial charge in [0.1, 0.15) is 6.10 Å². The largest absolute Gasteiger partial charge is 0.442 e. The van der Waals surface area contributed by atoms with Crippen LogP contribution in [0.2, 0.25) is 0 Å². The topological polar surface area (TPSA) is 86.4 Å². The lowest BCUT2D eigenvalue weighted by Crippen LogP contribution is -2.49. The minimum atomic E-state index is -0.534. The zero-order valence-electron chi connectivity index (χ0n) is 29.7. The van der Waals surface area contributed by atoms with Crippen molar-refractivity contribution in [3.8, 4) is 0 Å². The summed E-state index contributed by atoms with van der Waals surface area (Å²) in [6.07, 6.45) is 26.4. The molecule has 0 radical (unpaired) electrons. The van der Waals surface area contributed by atoms with Crippen LogP contribution in [-0.2, 0) is 9.47 Å². The number of unbranched alkanes of at least 4 members (excludes halogenated alkanes) is 16. The average Bonchev–Trinajstić information content (AvgIpc) is 3.43. The van der Waals surface area contributed by atoms with E-state index in [-0.39, 0.29) is 35.7 Å². The number of urea groups is 1. The van der Waals surface area contributed by atoms with Crippen LogP contribution in [0.5, 0.6) is 0 Å². The monoisotopic (exact) mass is 703 g/mol. The summed E-state index contributed by atoms with van der Waals surface area (Å²) in [7, 11) is 3.60. The first-order valence-corrected chi connectivity index (χ1v) is 18.0. The van der Waals surface area contributed by atoms with Crippen LogP contribution < -0.4 is 10.6 Å². The number of carbonyl (C=O) groups is 2. The number of hydrogen-bond donors (Lipinski definition) is 2. The molecule has 1 rings (SSSR count). The highest BCUT2D eigenvalue weighted by molar-refractivity contribution is 8.93. The number of rotatable bonds is 28. The predicted molar refractivity (Wildman–Crippen MR) is 193 cm³/mol. The van der Waals surface area contributed by atoms with Crippen LogP contribution >= 0.6 is 17.0 Å². The van der Waals surface area contributed by atoms with E-state index in [0.29, 0.717) is 19.7 Å². The van der Waals surface area contributed by atoms with Gasteiger partial charge in [-0.05, 0) is 33.1 Å². The second-order valence-corrected chi connectivity index (χ2v) is 12.8. The normalized spacial score (nSPS) is 13.2. The molecule has 0 aromatic heterocycles. The average molecular weight is 705 g/mol. The molecule has 1 heterocycles. The van der Waals surface area contributed by atoms with E-state index in [9.17, 15) is 9.59 Å². The van der Waals surface area contributed by atoms with Gasteiger partial charge in [0, 0.05) is 52.2 Å². The minimum absolute atomic E-state index is 0. The lowest BCUT2D eigenvalue weighted by atomic mass is 10.0. The van der Waals surface area contributed by atoms with Crippen LogP contribution in [-0.4, -0.2) is 92.6 Å². The molecule has 1 aliphatic heterocycles. The number of ether oxygens (including phenoxy) is 2. The fraction of sp³-hybridized carbons (Fsp3) is 0.886. The number of alkyl carbamates (subject to hydrolysis) is 1. The summed E-state index contributed by atoms with van der Waals surface area (Å²) in [5.41, 5.74) is 0. The summed E-state index contributed by atoms with van der Waals surface area (Å²) in [6, 6.07) is -0.140. The molecular formula is C35H70BrN5O4. The molecule has 10 heteroatoms. The molecule has 0 spiro atoms. The van der Waals surface area contributed by atoms with Crippen molar-refractivity contribution in [1.82, 2.24) is 25.3 Å². The maximum atomic E-state index is 13.0. The summed E-state index contributed by atoms with van der Waals surface area (Å²) < 4.78 is 11.4. The van der Waals surface area contributed by atoms with Gasteiger partial charge in [-0.1, -0.05) is 103 Å². The minimum Gasteiger partial charge on any atom is -0.442 e. The van der Waals surface area contributed by atoms with Crippen molar-refractivity contribution in [2.75, 3.05) is 53.6 Å². The molecule has 1 aliphatic rings. The predicted octanol–water partition coefficient (Wildman–Crippen LogP) is 8.44. The Balaban J connectivity index is 0.0000194. The second-order valence-electron chi connectivity index (χ2n) is 12.8. The Morgan fingerprint density at radius 3 is 1.87 bits per heavy atom. The molecule has 0 aromatic carbocycles. The van der Waals surface area contributed by atoms with Gasteiger partial charge in [0.05, 0.1) is 19.8 Å². The Morgan fingerprint density at radius 1 is 0.822 bits per heavy atom. The Kier molecular flexibility index (Phi) is 28.6. The van der Waals surface area contributed by atoms with E-state index in [1.807, 2.05) is 13.8 Å². The van der Waals surface area contributed by atoms with E-state index >= 15 is 0 Å². The van der Waals surface area contributed by atoms with Gasteiger partial charge >= 0.3 is 12.1 Å². The summed E-state index contributed by atoms with van der Waals surface area (Å²) >= 11 is 0. The number of nitrogens with one attached hydrogen (secondary N) is 2. The first-order chi connectivity index (χ1) is 21.4. The summed E-state index contributed by atoms with van der Waals surface area (Å²) in [4.78, 5) is 31.1. The van der Waals surface area contributed by atoms with Crippen LogP contribution in [0.15, 0.2) is 12.4 Å². The van der Waals surface area contributed by atoms with Gasteiger partial charge in [0.25, 0.3) is 0 Å². The number of halogens is 1. The van der Waals surface area contributed by atoms with Crippen molar-refractivity contribution >= 4 is 29.1 Å². The third-order valence-electron chi connectivity index (χ3n) is 8.29. The molecule has 0 aromatic rings. The Morgan fingerprint density at radius 2 is 1.38 bits per heavy atom. The van der Waals surface area contributed by atoms with Gasteiger partial charge in [0.2, 0.25) is 0 Å². The first-order valence-electron chi connectivity index (χ1n) is 18.0. The molecule has 3 amide bonds. The SMILES string of the molecule is Br.CCCCCCCCCCCCCCCCCCNC(=O)N(C[C@@H](COCCCCN1C=CN(C)C1)OC(=O)NC)C(C)C. The van der Waals surface area contributed by atoms with Gasteiger partial charge in [-0.25, -0.2) is 9.59 Å². The molecule has 45 heavy (non-hydrogen) atoms. The number of hydrogen-bond acceptors (Lipinski definition) is 6. The highest BCUT2D eigenvalue weighted by Crippen LogP contribution is 2.14. The molecule has 0 bridgehead atoms. The summed E-state index contributed by atoms with van der Waals surface area (Å²) in [6.45, 7) is 9.97. The molecule has 1 atom stereocenters. The Hall–Kier alpha value is -1.68. The summed E-state index contributed by atoms with van der Waals surface area (Å²) in [5, 5.41) is 5.58. The second kappa shape index (κ2) is 29.7. The fourth-order valence-electron chi connectivity index (χ4n) is 5.52. The smallest absolute Gasteiger partial charge is 0.407 e. The molecule has 2 N–H and O–H groups in total. The van der Waals surface area contributed by atoms with Crippen LogP contribution in [0.4, 0.5) is 9.59 Å². The third kappa shape index (κ3) is 24.2. The van der Waals surface area contributed by atoms with Crippen molar-refractivity contribution in [3.63, 3.8) is 0 Å². The molecule has 0 saturated carbocycles. The maximum absolute atomic E-state index is 13.0. The molecule has 0 fully saturated rings. The molecule has 0 unspecified atom stereocenters. The van der Waals surface area contributed by atoms with Crippen molar-refractivity contribution in [3.05, 3.63) is 12.4 Å². The van der Waals surface area contributed by atoms with Gasteiger partial charge in [-0.3, -0.25) is 0 Å². The lowest BCUT2D eigenvalue weighted by molar-refractivity contribution is 0.00398. The number of amides is 3. The van der Waals surface area contributed by atoms with Crippen molar-refractivity contribution in [2.45, 2.75) is 148 Å². The van der Waals surface area contributed by atoms with Crippen LogP contribution in [0.3, 0.4) is 0 Å². The van der Waals surface area contributed by atoms with Gasteiger partial charge in [-0.2, -0.15) is 0 Å². The fourth-order valence-corrected chi connectivity index (χ4v) is 5.52. The standard InChI is InChI=1S/C35H69N5O4.BrH/c1-6-7-8-9-10-11-12-13-14-15-16-17-18-19-20-21-24-37-34(41)40(32(2)3)29-33(44-35(42)36-4)30-43-28-23-22-25-39-27-26-38(5)31-39;/h26-27,32-33H,6-25,28-31H2,1-5H3,(H,36,42)(H,37,41);1H/t33-;/m0./s1. The lowest BCUT2D eigenvalue weighted by Gasteiger charge is -2.30. The molecule has 0 saturated heterocycles. The van der Waals surface area contributed by atoms with E-state index in [4.69, 9.17) is 9.47 Å². The first kappa shape index (κ1) is 43.3. The quantitative estimate of drug-likeness (QED) is 0.0796. The van der Waals surface area contributed by atoms with E-state index < -0.39 is 12.2 Å².